The predicted octanol–water partition coefficient (Wildman–Crippen LogP) is 0.122. The van der Waals surface area contributed by atoms with Crippen molar-refractivity contribution in [1.29, 1.82) is 0 Å². The van der Waals surface area contributed by atoms with E-state index in [9.17, 15) is 14.4 Å². The average Bonchev–Trinajstić information content (AvgIpc) is 2.36. The summed E-state index contributed by atoms with van der Waals surface area (Å²) in [7, 11) is 1.48. The lowest BCUT2D eigenvalue weighted by atomic mass is 10.1. The predicted molar refractivity (Wildman–Crippen MR) is 62.5 cm³/mol. The van der Waals surface area contributed by atoms with Crippen LogP contribution in [0.2, 0.25) is 0 Å². The molecule has 0 saturated heterocycles. The number of rotatable bonds is 5. The lowest BCUT2D eigenvalue weighted by molar-refractivity contribution is -0.125. The van der Waals surface area contributed by atoms with Gasteiger partial charge >= 0.3 is 0 Å². The van der Waals surface area contributed by atoms with Gasteiger partial charge in [0.2, 0.25) is 11.8 Å². The molecule has 2 N–H and O–H groups in total. The molecule has 0 unspecified atom stereocenters. The van der Waals surface area contributed by atoms with Crippen LogP contribution < -0.4 is 10.6 Å². The van der Waals surface area contributed by atoms with E-state index < -0.39 is 5.91 Å². The van der Waals surface area contributed by atoms with Gasteiger partial charge in [-0.15, -0.1) is 0 Å². The topological polar surface area (TPSA) is 75.3 Å². The van der Waals surface area contributed by atoms with E-state index in [-0.39, 0.29) is 24.7 Å². The fraction of sp³-hybridized carbons (Fsp3) is 0.250. The molecule has 1 aromatic carbocycles. The first kappa shape index (κ1) is 12.9. The molecular weight excluding hydrogens is 220 g/mol. The van der Waals surface area contributed by atoms with Crippen molar-refractivity contribution in [2.24, 2.45) is 0 Å². The maximum absolute atomic E-state index is 11.6. The number of hydrogen-bond acceptors (Lipinski definition) is 3. The van der Waals surface area contributed by atoms with Gasteiger partial charge in [-0.25, -0.2) is 0 Å². The molecule has 1 rings (SSSR count). The maximum atomic E-state index is 11.6. The minimum atomic E-state index is -0.456. The second-order valence-electron chi connectivity index (χ2n) is 3.42. The van der Waals surface area contributed by atoms with Crippen molar-refractivity contribution in [3.8, 4) is 0 Å². The molecule has 0 bridgehead atoms. The molecule has 0 saturated carbocycles. The van der Waals surface area contributed by atoms with Crippen LogP contribution in [0, 0.1) is 0 Å². The Kier molecular flexibility index (Phi) is 4.87. The largest absolute Gasteiger partial charge is 0.358 e. The van der Waals surface area contributed by atoms with Crippen molar-refractivity contribution in [2.45, 2.75) is 6.42 Å². The lowest BCUT2D eigenvalue weighted by Gasteiger charge is -2.03. The van der Waals surface area contributed by atoms with Gasteiger partial charge in [-0.3, -0.25) is 14.4 Å². The first-order chi connectivity index (χ1) is 8.13. The number of likely N-dealkylation sites (N-methyl/N-ethyl adjacent to an activating group) is 1. The number of amides is 2. The van der Waals surface area contributed by atoms with Gasteiger partial charge in [-0.1, -0.05) is 30.3 Å². The molecule has 0 atom stereocenters. The summed E-state index contributed by atoms with van der Waals surface area (Å²) in [5.41, 5.74) is 0.489. The van der Waals surface area contributed by atoms with Crippen LogP contribution in [0.3, 0.4) is 0 Å². The normalized spacial score (nSPS) is 9.47. The van der Waals surface area contributed by atoms with Crippen LogP contribution in [0.4, 0.5) is 0 Å². The zero-order valence-corrected chi connectivity index (χ0v) is 9.53. The van der Waals surface area contributed by atoms with Crippen LogP contribution >= 0.6 is 0 Å². The average molecular weight is 234 g/mol. The molecule has 17 heavy (non-hydrogen) atoms. The number of Topliss-reactive ketones (excluding diaryl/α,β-unsaturated/α-hetero) is 1. The van der Waals surface area contributed by atoms with Crippen molar-refractivity contribution < 1.29 is 14.4 Å². The quantitative estimate of drug-likeness (QED) is 0.561. The number of nitrogens with one attached hydrogen (secondary N) is 2. The number of carbonyl (C=O) groups excluding carboxylic acids is 3. The van der Waals surface area contributed by atoms with E-state index in [2.05, 4.69) is 10.6 Å². The first-order valence-electron chi connectivity index (χ1n) is 5.19. The van der Waals surface area contributed by atoms with E-state index in [1.807, 2.05) is 0 Å². The summed E-state index contributed by atoms with van der Waals surface area (Å²) in [4.78, 5) is 33.8. The lowest BCUT2D eigenvalue weighted by Crippen LogP contribution is -2.35. The Balaban J connectivity index is 2.42. The van der Waals surface area contributed by atoms with Crippen molar-refractivity contribution in [2.75, 3.05) is 13.6 Å². The van der Waals surface area contributed by atoms with Crippen LogP contribution in [-0.4, -0.2) is 31.2 Å². The Labute approximate surface area is 99.2 Å². The van der Waals surface area contributed by atoms with Crippen LogP contribution in [-0.2, 0) is 9.59 Å². The Hall–Kier alpha value is -2.17. The molecule has 0 spiro atoms. The number of hydrogen-bond donors (Lipinski definition) is 2. The van der Waals surface area contributed by atoms with E-state index in [1.165, 1.54) is 7.05 Å². The zero-order chi connectivity index (χ0) is 12.7. The third-order valence-electron chi connectivity index (χ3n) is 2.14. The van der Waals surface area contributed by atoms with Crippen LogP contribution in [0.5, 0.6) is 0 Å². The molecule has 2 amide bonds. The summed E-state index contributed by atoms with van der Waals surface area (Å²) in [5.74, 6) is -1.02. The monoisotopic (exact) mass is 234 g/mol. The fourth-order valence-electron chi connectivity index (χ4n) is 1.20. The highest BCUT2D eigenvalue weighted by atomic mass is 16.2. The Bertz CT molecular complexity index is 415. The molecule has 0 fully saturated rings. The third-order valence-corrected chi connectivity index (χ3v) is 2.14. The van der Waals surface area contributed by atoms with Gasteiger partial charge in [0.25, 0.3) is 0 Å². The van der Waals surface area contributed by atoms with Gasteiger partial charge in [0, 0.05) is 12.6 Å². The summed E-state index contributed by atoms with van der Waals surface area (Å²) in [6.07, 6.45) is -0.249. The Morgan fingerprint density at radius 1 is 1.06 bits per heavy atom. The minimum absolute atomic E-state index is 0.114. The molecule has 0 aliphatic rings. The summed E-state index contributed by atoms with van der Waals surface area (Å²) < 4.78 is 0. The highest BCUT2D eigenvalue weighted by molar-refractivity contribution is 6.07. The van der Waals surface area contributed by atoms with Crippen molar-refractivity contribution >= 4 is 17.6 Å². The second kappa shape index (κ2) is 6.42. The Morgan fingerprint density at radius 2 is 1.71 bits per heavy atom. The maximum Gasteiger partial charge on any atom is 0.239 e. The van der Waals surface area contributed by atoms with Gasteiger partial charge in [-0.2, -0.15) is 0 Å². The van der Waals surface area contributed by atoms with E-state index in [1.54, 1.807) is 30.3 Å². The molecule has 0 heterocycles. The van der Waals surface area contributed by atoms with Gasteiger partial charge in [0.15, 0.2) is 5.78 Å². The molecule has 1 aromatic rings. The summed E-state index contributed by atoms with van der Waals surface area (Å²) >= 11 is 0. The third kappa shape index (κ3) is 4.46. The first-order valence-corrected chi connectivity index (χ1v) is 5.19. The van der Waals surface area contributed by atoms with Crippen molar-refractivity contribution in [3.63, 3.8) is 0 Å². The van der Waals surface area contributed by atoms with Gasteiger partial charge < -0.3 is 10.6 Å². The number of benzene rings is 1. The fourth-order valence-corrected chi connectivity index (χ4v) is 1.20. The molecule has 0 aliphatic carbocycles. The molecular formula is C12H14N2O3. The summed E-state index contributed by atoms with van der Waals surface area (Å²) in [5, 5.41) is 4.73. The van der Waals surface area contributed by atoms with Crippen LogP contribution in [0.1, 0.15) is 16.8 Å². The van der Waals surface area contributed by atoms with Crippen LogP contribution in [0.15, 0.2) is 30.3 Å². The van der Waals surface area contributed by atoms with Crippen molar-refractivity contribution in [1.82, 2.24) is 10.6 Å². The summed E-state index contributed by atoms with van der Waals surface area (Å²) in [6, 6.07) is 8.55. The van der Waals surface area contributed by atoms with E-state index >= 15 is 0 Å². The summed E-state index contributed by atoms with van der Waals surface area (Å²) in [6.45, 7) is -0.114. The highest BCUT2D eigenvalue weighted by Crippen LogP contribution is 2.02. The standard InChI is InChI=1S/C12H14N2O3/c1-13-12(17)8-14-11(16)7-10(15)9-5-3-2-4-6-9/h2-6H,7-8H2,1H3,(H,13,17)(H,14,16). The SMILES string of the molecule is CNC(=O)CNC(=O)CC(=O)c1ccccc1. The molecule has 90 valence electrons. The van der Waals surface area contributed by atoms with Gasteiger partial charge in [0.1, 0.15) is 0 Å². The number of ketones is 1. The van der Waals surface area contributed by atoms with Crippen LogP contribution in [0.25, 0.3) is 0 Å². The van der Waals surface area contributed by atoms with E-state index in [0.29, 0.717) is 5.56 Å². The molecule has 0 aliphatic heterocycles. The smallest absolute Gasteiger partial charge is 0.239 e. The van der Waals surface area contributed by atoms with E-state index in [0.717, 1.165) is 0 Å². The molecule has 0 radical (unpaired) electrons. The Morgan fingerprint density at radius 3 is 2.29 bits per heavy atom. The number of carbonyl (C=O) groups is 3. The highest BCUT2D eigenvalue weighted by Gasteiger charge is 2.11. The van der Waals surface area contributed by atoms with Gasteiger partial charge in [0.05, 0.1) is 13.0 Å². The van der Waals surface area contributed by atoms with Crippen molar-refractivity contribution in [3.05, 3.63) is 35.9 Å². The molecule has 0 aromatic heterocycles. The molecule has 5 nitrogen and oxygen atoms in total. The zero-order valence-electron chi connectivity index (χ0n) is 9.53. The van der Waals surface area contributed by atoms with E-state index in [4.69, 9.17) is 0 Å². The molecule has 5 heteroatoms. The second-order valence-corrected chi connectivity index (χ2v) is 3.42. The van der Waals surface area contributed by atoms with Gasteiger partial charge in [-0.05, 0) is 0 Å². The minimum Gasteiger partial charge on any atom is -0.358 e.